The molecule has 6 nitrogen and oxygen atoms in total. The van der Waals surface area contributed by atoms with Gasteiger partial charge in [-0.05, 0) is 26.2 Å². The Labute approximate surface area is 148 Å². The lowest BCUT2D eigenvalue weighted by Gasteiger charge is -2.30. The van der Waals surface area contributed by atoms with E-state index >= 15 is 0 Å². The molecule has 0 saturated carbocycles. The summed E-state index contributed by atoms with van der Waals surface area (Å²) < 4.78 is 10.7. The summed E-state index contributed by atoms with van der Waals surface area (Å²) >= 11 is 0. The third-order valence-electron chi connectivity index (χ3n) is 4.84. The van der Waals surface area contributed by atoms with Gasteiger partial charge >= 0.3 is 0 Å². The van der Waals surface area contributed by atoms with E-state index in [4.69, 9.17) is 9.26 Å². The van der Waals surface area contributed by atoms with Gasteiger partial charge in [0, 0.05) is 38.1 Å². The summed E-state index contributed by atoms with van der Waals surface area (Å²) in [7, 11) is 1.68. The van der Waals surface area contributed by atoms with Crippen LogP contribution in [0.3, 0.4) is 0 Å². The van der Waals surface area contributed by atoms with E-state index in [0.29, 0.717) is 18.1 Å². The summed E-state index contributed by atoms with van der Waals surface area (Å²) in [5.41, 5.74) is 0.956. The third kappa shape index (κ3) is 4.45. The molecule has 25 heavy (non-hydrogen) atoms. The molecule has 0 bridgehead atoms. The maximum absolute atomic E-state index is 12.3. The fraction of sp³-hybridized carbons (Fsp3) is 0.526. The first-order valence-corrected chi connectivity index (χ1v) is 8.87. The second-order valence-electron chi connectivity index (χ2n) is 6.56. The molecular weight excluding hydrogens is 318 g/mol. The zero-order valence-corrected chi connectivity index (χ0v) is 14.9. The van der Waals surface area contributed by atoms with Gasteiger partial charge in [-0.1, -0.05) is 35.5 Å². The van der Waals surface area contributed by atoms with Crippen LogP contribution in [0.1, 0.15) is 44.4 Å². The van der Waals surface area contributed by atoms with Crippen molar-refractivity contribution in [3.63, 3.8) is 0 Å². The van der Waals surface area contributed by atoms with Gasteiger partial charge < -0.3 is 14.2 Å². The van der Waals surface area contributed by atoms with Crippen molar-refractivity contribution in [2.24, 2.45) is 0 Å². The smallest absolute Gasteiger partial charge is 0.230 e. The van der Waals surface area contributed by atoms with E-state index in [1.807, 2.05) is 42.2 Å². The van der Waals surface area contributed by atoms with Crippen molar-refractivity contribution < 1.29 is 14.1 Å². The van der Waals surface area contributed by atoms with E-state index in [1.165, 1.54) is 0 Å². The number of piperidine rings is 1. The number of likely N-dealkylation sites (tertiary alicyclic amines) is 1. The monoisotopic (exact) mass is 343 g/mol. The van der Waals surface area contributed by atoms with Crippen LogP contribution in [-0.2, 0) is 9.53 Å². The fourth-order valence-corrected chi connectivity index (χ4v) is 3.08. The van der Waals surface area contributed by atoms with Gasteiger partial charge in [-0.15, -0.1) is 0 Å². The van der Waals surface area contributed by atoms with Crippen LogP contribution >= 0.6 is 0 Å². The Bertz CT molecular complexity index is 678. The minimum Gasteiger partial charge on any atom is -0.382 e. The van der Waals surface area contributed by atoms with Gasteiger partial charge in [0.05, 0.1) is 6.10 Å². The quantitative estimate of drug-likeness (QED) is 0.805. The van der Waals surface area contributed by atoms with Crippen LogP contribution in [0.25, 0.3) is 11.4 Å². The first-order chi connectivity index (χ1) is 12.2. The molecular formula is C19H25N3O3. The summed E-state index contributed by atoms with van der Waals surface area (Å²) in [5, 5.41) is 4.09. The van der Waals surface area contributed by atoms with Crippen LogP contribution in [0.5, 0.6) is 0 Å². The first-order valence-electron chi connectivity index (χ1n) is 8.87. The molecule has 1 aliphatic rings. The van der Waals surface area contributed by atoms with Gasteiger partial charge in [0.2, 0.25) is 17.6 Å². The van der Waals surface area contributed by atoms with Crippen LogP contribution in [0, 0.1) is 0 Å². The largest absolute Gasteiger partial charge is 0.382 e. The predicted octanol–water partition coefficient (Wildman–Crippen LogP) is 3.26. The SMILES string of the molecule is CO[C@H](C)CCC(=O)N1CCC(c2nc(-c3ccccc3)no2)CC1. The van der Waals surface area contributed by atoms with Crippen LogP contribution in [0.2, 0.25) is 0 Å². The zero-order valence-electron chi connectivity index (χ0n) is 14.9. The number of ether oxygens (including phenoxy) is 1. The highest BCUT2D eigenvalue weighted by Gasteiger charge is 2.27. The summed E-state index contributed by atoms with van der Waals surface area (Å²) in [5.74, 6) is 1.74. The average Bonchev–Trinajstić information content (AvgIpc) is 3.17. The summed E-state index contributed by atoms with van der Waals surface area (Å²) in [4.78, 5) is 18.8. The minimum absolute atomic E-state index is 0.122. The van der Waals surface area contributed by atoms with Crippen molar-refractivity contribution in [2.75, 3.05) is 20.2 Å². The van der Waals surface area contributed by atoms with E-state index < -0.39 is 0 Å². The third-order valence-corrected chi connectivity index (χ3v) is 4.84. The molecule has 134 valence electrons. The predicted molar refractivity (Wildman–Crippen MR) is 94.0 cm³/mol. The van der Waals surface area contributed by atoms with Gasteiger partial charge in [0.15, 0.2) is 0 Å². The Morgan fingerprint density at radius 1 is 1.32 bits per heavy atom. The highest BCUT2D eigenvalue weighted by Crippen LogP contribution is 2.28. The Morgan fingerprint density at radius 2 is 2.04 bits per heavy atom. The number of hydrogen-bond acceptors (Lipinski definition) is 5. The van der Waals surface area contributed by atoms with Gasteiger partial charge in [0.25, 0.3) is 0 Å². The molecule has 0 N–H and O–H groups in total. The van der Waals surface area contributed by atoms with Crippen molar-refractivity contribution in [1.82, 2.24) is 15.0 Å². The number of rotatable bonds is 6. The normalized spacial score (nSPS) is 16.8. The second kappa shape index (κ2) is 8.25. The van der Waals surface area contributed by atoms with Crippen LogP contribution in [0.15, 0.2) is 34.9 Å². The zero-order chi connectivity index (χ0) is 17.6. The molecule has 0 aliphatic carbocycles. The molecule has 2 aromatic rings. The molecule has 0 radical (unpaired) electrons. The number of hydrogen-bond donors (Lipinski definition) is 0. The van der Waals surface area contributed by atoms with Crippen LogP contribution < -0.4 is 0 Å². The molecule has 1 amide bonds. The molecule has 1 fully saturated rings. The van der Waals surface area contributed by atoms with Crippen molar-refractivity contribution in [2.45, 2.75) is 44.6 Å². The van der Waals surface area contributed by atoms with E-state index in [1.54, 1.807) is 7.11 Å². The lowest BCUT2D eigenvalue weighted by atomic mass is 9.96. The molecule has 1 saturated heterocycles. The number of nitrogens with zero attached hydrogens (tertiary/aromatic N) is 3. The molecule has 1 aliphatic heterocycles. The van der Waals surface area contributed by atoms with Gasteiger partial charge in [-0.2, -0.15) is 4.98 Å². The number of amides is 1. The topological polar surface area (TPSA) is 68.5 Å². The average molecular weight is 343 g/mol. The molecule has 1 aromatic carbocycles. The maximum Gasteiger partial charge on any atom is 0.230 e. The molecule has 2 heterocycles. The molecule has 6 heteroatoms. The summed E-state index contributed by atoms with van der Waals surface area (Å²) in [6.45, 7) is 3.47. The molecule has 0 spiro atoms. The minimum atomic E-state index is 0.122. The van der Waals surface area contributed by atoms with E-state index in [-0.39, 0.29) is 17.9 Å². The van der Waals surface area contributed by atoms with E-state index in [0.717, 1.165) is 37.9 Å². The van der Waals surface area contributed by atoms with Crippen molar-refractivity contribution in [1.29, 1.82) is 0 Å². The Morgan fingerprint density at radius 3 is 2.72 bits per heavy atom. The Hall–Kier alpha value is -2.21. The van der Waals surface area contributed by atoms with Crippen molar-refractivity contribution in [3.05, 3.63) is 36.2 Å². The van der Waals surface area contributed by atoms with E-state index in [9.17, 15) is 4.79 Å². The summed E-state index contributed by atoms with van der Waals surface area (Å²) in [6.07, 6.45) is 3.15. The number of aromatic nitrogens is 2. The Balaban J connectivity index is 1.53. The number of methoxy groups -OCH3 is 1. The fourth-order valence-electron chi connectivity index (χ4n) is 3.08. The second-order valence-corrected chi connectivity index (χ2v) is 6.56. The van der Waals surface area contributed by atoms with Crippen molar-refractivity contribution in [3.8, 4) is 11.4 Å². The number of carbonyl (C=O) groups is 1. The summed E-state index contributed by atoms with van der Waals surface area (Å²) in [6, 6.07) is 9.82. The number of carbonyl (C=O) groups excluding carboxylic acids is 1. The number of benzene rings is 1. The lowest BCUT2D eigenvalue weighted by molar-refractivity contribution is -0.133. The molecule has 1 aromatic heterocycles. The van der Waals surface area contributed by atoms with Crippen LogP contribution in [-0.4, -0.2) is 47.3 Å². The van der Waals surface area contributed by atoms with Gasteiger partial charge in [-0.25, -0.2) is 0 Å². The van der Waals surface area contributed by atoms with Gasteiger partial charge in [-0.3, -0.25) is 4.79 Å². The standard InChI is InChI=1S/C19H25N3O3/c1-14(24-2)8-9-17(23)22-12-10-16(11-13-22)19-20-18(21-25-19)15-6-4-3-5-7-15/h3-7,14,16H,8-13H2,1-2H3/t14-/m1/s1. The first kappa shape index (κ1) is 17.6. The van der Waals surface area contributed by atoms with Gasteiger partial charge in [0.1, 0.15) is 0 Å². The molecule has 0 unspecified atom stereocenters. The van der Waals surface area contributed by atoms with Crippen molar-refractivity contribution >= 4 is 5.91 Å². The van der Waals surface area contributed by atoms with E-state index in [2.05, 4.69) is 10.1 Å². The lowest BCUT2D eigenvalue weighted by Crippen LogP contribution is -2.38. The maximum atomic E-state index is 12.3. The molecule has 3 rings (SSSR count). The van der Waals surface area contributed by atoms with Crippen LogP contribution in [0.4, 0.5) is 0 Å². The Kier molecular flexibility index (Phi) is 5.81. The highest BCUT2D eigenvalue weighted by atomic mass is 16.5. The highest BCUT2D eigenvalue weighted by molar-refractivity contribution is 5.76. The molecule has 1 atom stereocenters.